The topological polar surface area (TPSA) is 76.1 Å². The van der Waals surface area contributed by atoms with E-state index in [1.54, 1.807) is 27.0 Å². The van der Waals surface area contributed by atoms with E-state index in [9.17, 15) is 14.7 Å². The fourth-order valence-corrected chi connectivity index (χ4v) is 3.60. The van der Waals surface area contributed by atoms with Crippen molar-refractivity contribution in [3.8, 4) is 0 Å². The molecule has 0 spiro atoms. The number of hydrogen-bond acceptors (Lipinski definition) is 6. The van der Waals surface area contributed by atoms with Gasteiger partial charge in [0.25, 0.3) is 0 Å². The molecule has 2 aliphatic rings. The minimum atomic E-state index is -1.07. The van der Waals surface area contributed by atoms with Crippen molar-refractivity contribution in [2.45, 2.75) is 58.1 Å². The van der Waals surface area contributed by atoms with Gasteiger partial charge in [0.15, 0.2) is 0 Å². The van der Waals surface area contributed by atoms with Gasteiger partial charge >= 0.3 is 11.9 Å². The summed E-state index contributed by atoms with van der Waals surface area (Å²) in [5.41, 5.74) is -0.778. The number of esters is 2. The fraction of sp³-hybridized carbons (Fsp3) is 0.765. The molecule has 0 saturated carbocycles. The first-order chi connectivity index (χ1) is 10.9. The summed E-state index contributed by atoms with van der Waals surface area (Å²) in [6.45, 7) is 6.39. The van der Waals surface area contributed by atoms with E-state index < -0.39 is 29.5 Å². The largest absolute Gasteiger partial charge is 0.465 e. The van der Waals surface area contributed by atoms with Gasteiger partial charge in [0.05, 0.1) is 30.4 Å². The van der Waals surface area contributed by atoms with Crippen molar-refractivity contribution in [1.29, 1.82) is 0 Å². The van der Waals surface area contributed by atoms with Crippen LogP contribution < -0.4 is 0 Å². The second kappa shape index (κ2) is 7.34. The third kappa shape index (κ3) is 3.68. The first-order valence-corrected chi connectivity index (χ1v) is 8.46. The minimum absolute atomic E-state index is 0.236. The van der Waals surface area contributed by atoms with Gasteiger partial charge in [-0.3, -0.25) is 4.79 Å². The lowest BCUT2D eigenvalue weighted by Gasteiger charge is -2.41. The van der Waals surface area contributed by atoms with Crippen LogP contribution in [0.1, 0.15) is 46.5 Å². The van der Waals surface area contributed by atoms with Gasteiger partial charge in [-0.1, -0.05) is 12.8 Å². The van der Waals surface area contributed by atoms with Crippen LogP contribution in [0, 0.1) is 5.92 Å². The van der Waals surface area contributed by atoms with Crippen molar-refractivity contribution in [1.82, 2.24) is 4.90 Å². The number of ether oxygens (including phenoxy) is 2. The van der Waals surface area contributed by atoms with Crippen LogP contribution in [0.15, 0.2) is 11.8 Å². The molecular formula is C17H27NO5. The van der Waals surface area contributed by atoms with Gasteiger partial charge in [0.2, 0.25) is 0 Å². The highest BCUT2D eigenvalue weighted by Gasteiger charge is 2.52. The Morgan fingerprint density at radius 1 is 1.26 bits per heavy atom. The summed E-state index contributed by atoms with van der Waals surface area (Å²) < 4.78 is 10.3. The molecule has 6 nitrogen and oxygen atoms in total. The minimum Gasteiger partial charge on any atom is -0.465 e. The predicted octanol–water partition coefficient (Wildman–Crippen LogP) is 1.62. The zero-order valence-electron chi connectivity index (χ0n) is 14.2. The van der Waals surface area contributed by atoms with Gasteiger partial charge < -0.3 is 19.5 Å². The van der Waals surface area contributed by atoms with Crippen LogP contribution in [0.3, 0.4) is 0 Å². The Bertz CT molecular complexity index is 485. The predicted molar refractivity (Wildman–Crippen MR) is 84.4 cm³/mol. The summed E-state index contributed by atoms with van der Waals surface area (Å²) in [6, 6.07) is -0.485. The molecule has 130 valence electrons. The maximum absolute atomic E-state index is 12.5. The molecule has 0 aliphatic carbocycles. The second-order valence-electron chi connectivity index (χ2n) is 6.39. The lowest BCUT2D eigenvalue weighted by Crippen LogP contribution is -2.54. The highest BCUT2D eigenvalue weighted by Crippen LogP contribution is 2.40. The summed E-state index contributed by atoms with van der Waals surface area (Å²) in [7, 11) is 0. The van der Waals surface area contributed by atoms with Crippen LogP contribution in [0.25, 0.3) is 0 Å². The third-order valence-electron chi connectivity index (χ3n) is 4.60. The zero-order valence-corrected chi connectivity index (χ0v) is 14.2. The van der Waals surface area contributed by atoms with Gasteiger partial charge in [-0.15, -0.1) is 0 Å². The normalized spacial score (nSPS) is 30.8. The molecule has 3 atom stereocenters. The molecule has 0 bridgehead atoms. The van der Waals surface area contributed by atoms with Crippen molar-refractivity contribution in [3.63, 3.8) is 0 Å². The maximum atomic E-state index is 12.5. The van der Waals surface area contributed by atoms with E-state index in [4.69, 9.17) is 9.47 Å². The molecule has 2 rings (SSSR count). The van der Waals surface area contributed by atoms with Gasteiger partial charge in [-0.25, -0.2) is 4.79 Å². The summed E-state index contributed by atoms with van der Waals surface area (Å²) in [5, 5.41) is 10.9. The Kier molecular flexibility index (Phi) is 5.68. The monoisotopic (exact) mass is 325 g/mol. The maximum Gasteiger partial charge on any atom is 0.336 e. The standard InChI is InChI=1S/C17H27NO5/c1-4-22-15(19)12-11-18-10-8-6-7-9-17(3,21)14(18)13(12)16(20)23-5-2/h11,13-14,21H,4-10H2,1-3H3/t13-,14-,17+/m1/s1. The molecule has 2 heterocycles. The van der Waals surface area contributed by atoms with Gasteiger partial charge in [-0.2, -0.15) is 0 Å². The summed E-state index contributed by atoms with van der Waals surface area (Å²) in [5.74, 6) is -1.78. The molecule has 6 heteroatoms. The lowest BCUT2D eigenvalue weighted by molar-refractivity contribution is -0.155. The SMILES string of the molecule is CCOC(=O)C1=CN2CCCCC[C@](C)(O)[C@H]2[C@@H]1C(=O)OCC. The molecule has 0 amide bonds. The molecule has 0 aromatic heterocycles. The first kappa shape index (κ1) is 17.8. The van der Waals surface area contributed by atoms with Gasteiger partial charge in [0.1, 0.15) is 5.92 Å². The molecular weight excluding hydrogens is 298 g/mol. The van der Waals surface area contributed by atoms with Gasteiger partial charge in [0, 0.05) is 12.7 Å². The number of aliphatic hydroxyl groups is 1. The number of hydrogen-bond donors (Lipinski definition) is 1. The van der Waals surface area contributed by atoms with Crippen LogP contribution in [0.5, 0.6) is 0 Å². The van der Waals surface area contributed by atoms with E-state index >= 15 is 0 Å². The van der Waals surface area contributed by atoms with Crippen molar-refractivity contribution < 1.29 is 24.2 Å². The summed E-state index contributed by atoms with van der Waals surface area (Å²) >= 11 is 0. The molecule has 1 N–H and O–H groups in total. The van der Waals surface area contributed by atoms with E-state index in [-0.39, 0.29) is 18.8 Å². The Labute approximate surface area is 137 Å². The van der Waals surface area contributed by atoms with E-state index in [2.05, 4.69) is 0 Å². The van der Waals surface area contributed by atoms with E-state index in [1.807, 2.05) is 4.90 Å². The van der Waals surface area contributed by atoms with E-state index in [0.29, 0.717) is 13.0 Å². The fourth-order valence-electron chi connectivity index (χ4n) is 3.60. The van der Waals surface area contributed by atoms with Crippen LogP contribution in [-0.2, 0) is 19.1 Å². The molecule has 2 aliphatic heterocycles. The zero-order chi connectivity index (χ0) is 17.0. The molecule has 1 saturated heterocycles. The Morgan fingerprint density at radius 3 is 2.61 bits per heavy atom. The average molecular weight is 325 g/mol. The van der Waals surface area contributed by atoms with Crippen molar-refractivity contribution in [2.24, 2.45) is 5.92 Å². The Hall–Kier alpha value is -1.56. The smallest absolute Gasteiger partial charge is 0.336 e. The number of fused-ring (bicyclic) bond motifs is 1. The molecule has 1 fully saturated rings. The van der Waals surface area contributed by atoms with Crippen LogP contribution >= 0.6 is 0 Å². The van der Waals surface area contributed by atoms with E-state index in [1.165, 1.54) is 0 Å². The quantitative estimate of drug-likeness (QED) is 0.792. The molecule has 0 aromatic rings. The number of carbonyl (C=O) groups is 2. The average Bonchev–Trinajstić information content (AvgIpc) is 2.86. The molecule has 0 unspecified atom stereocenters. The second-order valence-corrected chi connectivity index (χ2v) is 6.39. The molecule has 23 heavy (non-hydrogen) atoms. The highest BCUT2D eigenvalue weighted by atomic mass is 16.5. The van der Waals surface area contributed by atoms with Gasteiger partial charge in [-0.05, 0) is 33.6 Å². The van der Waals surface area contributed by atoms with Crippen molar-refractivity contribution in [3.05, 3.63) is 11.8 Å². The third-order valence-corrected chi connectivity index (χ3v) is 4.60. The van der Waals surface area contributed by atoms with E-state index in [0.717, 1.165) is 19.3 Å². The summed E-state index contributed by atoms with van der Waals surface area (Å²) in [4.78, 5) is 26.7. The van der Waals surface area contributed by atoms with Crippen molar-refractivity contribution >= 4 is 11.9 Å². The highest BCUT2D eigenvalue weighted by molar-refractivity contribution is 5.97. The van der Waals surface area contributed by atoms with Crippen LogP contribution in [0.2, 0.25) is 0 Å². The molecule has 0 radical (unpaired) electrons. The number of rotatable bonds is 4. The Morgan fingerprint density at radius 2 is 1.96 bits per heavy atom. The van der Waals surface area contributed by atoms with Crippen LogP contribution in [-0.4, -0.2) is 53.3 Å². The molecule has 0 aromatic carbocycles. The van der Waals surface area contributed by atoms with Crippen LogP contribution in [0.4, 0.5) is 0 Å². The number of carbonyl (C=O) groups excluding carboxylic acids is 2. The number of nitrogens with zero attached hydrogens (tertiary/aromatic N) is 1. The lowest BCUT2D eigenvalue weighted by atomic mass is 9.79. The Balaban J connectivity index is 2.38. The van der Waals surface area contributed by atoms with Crippen molar-refractivity contribution in [2.75, 3.05) is 19.8 Å². The summed E-state index contributed by atoms with van der Waals surface area (Å²) in [6.07, 6.45) is 5.17. The first-order valence-electron chi connectivity index (χ1n) is 8.46.